The molecule has 0 unspecified atom stereocenters. The molecule has 130 valence electrons. The number of rotatable bonds is 5. The second-order valence-electron chi connectivity index (χ2n) is 7.28. The fraction of sp³-hybridized carbons (Fsp3) is 0.526. The quantitative estimate of drug-likeness (QED) is 0.895. The predicted molar refractivity (Wildman–Crippen MR) is 98.1 cm³/mol. The lowest BCUT2D eigenvalue weighted by Crippen LogP contribution is -2.50. The number of benzene rings is 1. The maximum Gasteiger partial charge on any atom is 0.235 e. The number of carbonyl (C=O) groups excluding carboxylic acids is 1. The molecule has 5 nitrogen and oxygen atoms in total. The fourth-order valence-electron chi connectivity index (χ4n) is 3.72. The summed E-state index contributed by atoms with van der Waals surface area (Å²) in [6, 6.07) is 10.7. The van der Waals surface area contributed by atoms with E-state index in [0.29, 0.717) is 12.5 Å². The Balaban J connectivity index is 1.46. The smallest absolute Gasteiger partial charge is 0.235 e. The van der Waals surface area contributed by atoms with Crippen LogP contribution in [-0.2, 0) is 4.79 Å². The van der Waals surface area contributed by atoms with Crippen LogP contribution in [0.1, 0.15) is 43.7 Å². The van der Waals surface area contributed by atoms with Crippen molar-refractivity contribution >= 4 is 27.5 Å². The van der Waals surface area contributed by atoms with Crippen molar-refractivity contribution in [2.24, 2.45) is 5.92 Å². The average Bonchev–Trinajstić information content (AvgIpc) is 3.23. The summed E-state index contributed by atoms with van der Waals surface area (Å²) in [5.41, 5.74) is 0.312. The van der Waals surface area contributed by atoms with Crippen molar-refractivity contribution in [2.45, 2.75) is 44.2 Å². The van der Waals surface area contributed by atoms with Gasteiger partial charge in [-0.25, -0.2) is 4.98 Å². The number of nitrogens with one attached hydrogen (secondary N) is 1. The van der Waals surface area contributed by atoms with Crippen molar-refractivity contribution in [3.8, 4) is 6.07 Å². The van der Waals surface area contributed by atoms with Gasteiger partial charge in [-0.1, -0.05) is 12.1 Å². The van der Waals surface area contributed by atoms with Crippen LogP contribution in [0.4, 0.5) is 0 Å². The Bertz CT molecular complexity index is 804. The maximum atomic E-state index is 12.5. The summed E-state index contributed by atoms with van der Waals surface area (Å²) in [4.78, 5) is 19.5. The molecule has 4 rings (SSSR count). The number of aromatic nitrogens is 1. The molecule has 6 heteroatoms. The highest BCUT2D eigenvalue weighted by atomic mass is 32.1. The van der Waals surface area contributed by atoms with Crippen molar-refractivity contribution in [2.75, 3.05) is 13.1 Å². The van der Waals surface area contributed by atoms with Gasteiger partial charge in [0.05, 0.1) is 28.9 Å². The van der Waals surface area contributed by atoms with E-state index in [9.17, 15) is 10.1 Å². The largest absolute Gasteiger partial charge is 0.337 e. The van der Waals surface area contributed by atoms with Gasteiger partial charge in [0.15, 0.2) is 0 Å². The van der Waals surface area contributed by atoms with Crippen LogP contribution < -0.4 is 5.32 Å². The summed E-state index contributed by atoms with van der Waals surface area (Å²) >= 11 is 1.72. The Morgan fingerprint density at radius 3 is 2.96 bits per heavy atom. The minimum absolute atomic E-state index is 0.0519. The second-order valence-corrected chi connectivity index (χ2v) is 8.35. The molecular weight excluding hydrogens is 332 g/mol. The standard InChI is InChI=1S/C19H22N4OS/c1-19(12-20,13-8-9-13)22-17(24)11-23-10-4-6-15(23)18-21-14-5-2-3-7-16(14)25-18/h2-3,5,7,13,15H,4,6,8-11H2,1H3,(H,22,24)/t15-,19+/m0/s1. The van der Waals surface area contributed by atoms with Gasteiger partial charge >= 0.3 is 0 Å². The lowest BCUT2D eigenvalue weighted by molar-refractivity contribution is -0.123. The van der Waals surface area contributed by atoms with Crippen LogP contribution in [0.15, 0.2) is 24.3 Å². The highest BCUT2D eigenvalue weighted by molar-refractivity contribution is 7.18. The van der Waals surface area contributed by atoms with Gasteiger partial charge in [0.2, 0.25) is 5.91 Å². The zero-order chi connectivity index (χ0) is 17.4. The molecule has 1 aliphatic heterocycles. The lowest BCUT2D eigenvalue weighted by Gasteiger charge is -2.26. The van der Waals surface area contributed by atoms with E-state index in [1.807, 2.05) is 25.1 Å². The predicted octanol–water partition coefficient (Wildman–Crippen LogP) is 3.24. The fourth-order valence-corrected chi connectivity index (χ4v) is 4.86. The van der Waals surface area contributed by atoms with Crippen LogP contribution in [0.5, 0.6) is 0 Å². The zero-order valence-corrected chi connectivity index (χ0v) is 15.2. The summed E-state index contributed by atoms with van der Waals surface area (Å²) in [6.07, 6.45) is 4.17. The highest BCUT2D eigenvalue weighted by Gasteiger charge is 2.43. The Morgan fingerprint density at radius 1 is 1.44 bits per heavy atom. The number of carbonyl (C=O) groups is 1. The molecule has 0 radical (unpaired) electrons. The van der Waals surface area contributed by atoms with Crippen molar-refractivity contribution in [1.82, 2.24) is 15.2 Å². The van der Waals surface area contributed by atoms with E-state index >= 15 is 0 Å². The summed E-state index contributed by atoms with van der Waals surface area (Å²) in [6.45, 7) is 3.09. The van der Waals surface area contributed by atoms with Crippen LogP contribution >= 0.6 is 11.3 Å². The minimum atomic E-state index is -0.720. The van der Waals surface area contributed by atoms with E-state index in [0.717, 1.165) is 42.8 Å². The molecule has 0 spiro atoms. The molecule has 2 fully saturated rings. The molecule has 1 N–H and O–H groups in total. The van der Waals surface area contributed by atoms with Gasteiger partial charge in [0.25, 0.3) is 0 Å². The SMILES string of the molecule is C[C@](C#N)(NC(=O)CN1CCC[C@H]1c1nc2ccccc2s1)C1CC1. The first-order chi connectivity index (χ1) is 12.1. The van der Waals surface area contributed by atoms with Crippen molar-refractivity contribution in [1.29, 1.82) is 5.26 Å². The molecule has 1 amide bonds. The van der Waals surface area contributed by atoms with Crippen LogP contribution in [0.25, 0.3) is 10.2 Å². The average molecular weight is 354 g/mol. The number of hydrogen-bond donors (Lipinski definition) is 1. The third-order valence-electron chi connectivity index (χ3n) is 5.33. The first-order valence-corrected chi connectivity index (χ1v) is 9.72. The van der Waals surface area contributed by atoms with Crippen LogP contribution in [0, 0.1) is 17.2 Å². The third kappa shape index (κ3) is 3.26. The number of para-hydroxylation sites is 1. The van der Waals surface area contributed by atoms with Crippen LogP contribution in [0.3, 0.4) is 0 Å². The second kappa shape index (κ2) is 6.40. The van der Waals surface area contributed by atoms with Crippen molar-refractivity contribution in [3.63, 3.8) is 0 Å². The number of nitriles is 1. The summed E-state index contributed by atoms with van der Waals surface area (Å²) < 4.78 is 1.19. The molecule has 0 bridgehead atoms. The summed E-state index contributed by atoms with van der Waals surface area (Å²) in [5, 5.41) is 13.5. The van der Waals surface area contributed by atoms with E-state index in [1.54, 1.807) is 11.3 Å². The maximum absolute atomic E-state index is 12.5. The molecular formula is C19H22N4OS. The Morgan fingerprint density at radius 2 is 2.24 bits per heavy atom. The van der Waals surface area contributed by atoms with Gasteiger partial charge < -0.3 is 5.32 Å². The van der Waals surface area contributed by atoms with E-state index in [-0.39, 0.29) is 11.9 Å². The topological polar surface area (TPSA) is 69.0 Å². The van der Waals surface area contributed by atoms with Crippen LogP contribution in [0.2, 0.25) is 0 Å². The molecule has 1 saturated heterocycles. The van der Waals surface area contributed by atoms with Gasteiger partial charge in [-0.2, -0.15) is 5.26 Å². The normalized spacial score (nSPS) is 23.3. The number of amides is 1. The first-order valence-electron chi connectivity index (χ1n) is 8.91. The number of hydrogen-bond acceptors (Lipinski definition) is 5. The number of nitrogens with zero attached hydrogens (tertiary/aromatic N) is 3. The van der Waals surface area contributed by atoms with Crippen LogP contribution in [-0.4, -0.2) is 34.4 Å². The van der Waals surface area contributed by atoms with Gasteiger partial charge in [0.1, 0.15) is 10.5 Å². The van der Waals surface area contributed by atoms with E-state index in [2.05, 4.69) is 22.4 Å². The number of thiazole rings is 1. The zero-order valence-electron chi connectivity index (χ0n) is 14.4. The van der Waals surface area contributed by atoms with E-state index in [1.165, 1.54) is 4.70 Å². The molecule has 1 saturated carbocycles. The molecule has 2 aromatic rings. The third-order valence-corrected chi connectivity index (χ3v) is 6.47. The molecule has 1 aromatic heterocycles. The monoisotopic (exact) mass is 354 g/mol. The van der Waals surface area contributed by atoms with Crippen molar-refractivity contribution < 1.29 is 4.79 Å². The van der Waals surface area contributed by atoms with Gasteiger partial charge in [-0.3, -0.25) is 9.69 Å². The Labute approximate surface area is 151 Å². The summed E-state index contributed by atoms with van der Waals surface area (Å²) in [5.74, 6) is 0.254. The molecule has 1 aromatic carbocycles. The van der Waals surface area contributed by atoms with E-state index in [4.69, 9.17) is 4.98 Å². The number of likely N-dealkylation sites (tertiary alicyclic amines) is 1. The number of fused-ring (bicyclic) bond motifs is 1. The molecule has 1 aliphatic carbocycles. The first kappa shape index (κ1) is 16.5. The van der Waals surface area contributed by atoms with Crippen molar-refractivity contribution in [3.05, 3.63) is 29.3 Å². The molecule has 2 atom stereocenters. The Kier molecular flexibility index (Phi) is 4.22. The summed E-state index contributed by atoms with van der Waals surface area (Å²) in [7, 11) is 0. The molecule has 25 heavy (non-hydrogen) atoms. The molecule has 2 aliphatic rings. The highest BCUT2D eigenvalue weighted by Crippen LogP contribution is 2.39. The van der Waals surface area contributed by atoms with Gasteiger partial charge in [-0.05, 0) is 57.2 Å². The molecule has 2 heterocycles. The van der Waals surface area contributed by atoms with E-state index < -0.39 is 5.54 Å². The van der Waals surface area contributed by atoms with Gasteiger partial charge in [0, 0.05) is 0 Å². The lowest BCUT2D eigenvalue weighted by atomic mass is 9.98. The van der Waals surface area contributed by atoms with Gasteiger partial charge in [-0.15, -0.1) is 11.3 Å². The minimum Gasteiger partial charge on any atom is -0.337 e. The Hall–Kier alpha value is -1.97.